The number of carbonyl (C=O) groups excluding carboxylic acids is 1. The Morgan fingerprint density at radius 3 is 2.22 bits per heavy atom. The topological polar surface area (TPSA) is 105 Å². The molecule has 0 aliphatic carbocycles. The molecule has 3 aromatic rings. The summed E-state index contributed by atoms with van der Waals surface area (Å²) in [5, 5.41) is 0. The van der Waals surface area contributed by atoms with Crippen molar-refractivity contribution < 1.29 is 32.2 Å². The van der Waals surface area contributed by atoms with Crippen molar-refractivity contribution in [2.75, 3.05) is 40.8 Å². The summed E-state index contributed by atoms with van der Waals surface area (Å²) in [5.74, 6) is 0.153. The molecule has 0 atom stereocenters. The van der Waals surface area contributed by atoms with Gasteiger partial charge in [0, 0.05) is 13.7 Å². The van der Waals surface area contributed by atoms with Crippen LogP contribution in [0.1, 0.15) is 0 Å². The molecule has 2 aromatic carbocycles. The fourth-order valence-corrected chi connectivity index (χ4v) is 5.39. The zero-order valence-electron chi connectivity index (χ0n) is 18.2. The van der Waals surface area contributed by atoms with Gasteiger partial charge in [0.2, 0.25) is 0 Å². The molecule has 0 N–H and O–H groups in total. The number of ether oxygens (including phenoxy) is 4. The normalized spacial score (nSPS) is 12.2. The number of carbonyl (C=O) groups is 1. The van der Waals surface area contributed by atoms with Gasteiger partial charge in [-0.05, 0) is 36.4 Å². The van der Waals surface area contributed by atoms with Crippen LogP contribution in [0.15, 0.2) is 46.3 Å². The molecule has 0 aliphatic rings. The lowest BCUT2D eigenvalue weighted by atomic mass is 10.3. The maximum Gasteiger partial charge on any atom is 0.263 e. The molecule has 1 aromatic heterocycles. The standard InChI is InChI=1S/C21H24N2O7S2/c1-27-12-11-23-19-16(29-3)9-10-17(30-4)20(19)31-21(23)22-18(24)13-32(25,26)15-7-5-14(28-2)6-8-15/h5-10H,11-13H2,1-4H3. The first-order valence-corrected chi connectivity index (χ1v) is 12.0. The van der Waals surface area contributed by atoms with E-state index in [-0.39, 0.29) is 4.90 Å². The lowest BCUT2D eigenvalue weighted by molar-refractivity contribution is -0.115. The van der Waals surface area contributed by atoms with Crippen LogP contribution in [0.2, 0.25) is 0 Å². The smallest absolute Gasteiger partial charge is 0.263 e. The third-order valence-corrected chi connectivity index (χ3v) is 7.37. The molecule has 1 amide bonds. The third kappa shape index (κ3) is 4.95. The summed E-state index contributed by atoms with van der Waals surface area (Å²) >= 11 is 1.21. The van der Waals surface area contributed by atoms with E-state index in [1.165, 1.54) is 42.7 Å². The molecule has 0 saturated heterocycles. The van der Waals surface area contributed by atoms with Crippen LogP contribution in [-0.2, 0) is 25.9 Å². The predicted octanol–water partition coefficient (Wildman–Crippen LogP) is 2.28. The number of thiazole rings is 1. The summed E-state index contributed by atoms with van der Waals surface area (Å²) in [5.41, 5.74) is 0.693. The highest BCUT2D eigenvalue weighted by Crippen LogP contribution is 2.35. The maximum absolute atomic E-state index is 12.7. The van der Waals surface area contributed by atoms with Gasteiger partial charge >= 0.3 is 0 Å². The Morgan fingerprint density at radius 2 is 1.62 bits per heavy atom. The van der Waals surface area contributed by atoms with Crippen LogP contribution >= 0.6 is 11.3 Å². The summed E-state index contributed by atoms with van der Waals surface area (Å²) in [6.45, 7) is 0.745. The van der Waals surface area contributed by atoms with Crippen molar-refractivity contribution in [3.8, 4) is 17.2 Å². The van der Waals surface area contributed by atoms with Crippen molar-refractivity contribution in [2.24, 2.45) is 4.99 Å². The first-order chi connectivity index (χ1) is 15.3. The molecule has 11 heteroatoms. The molecule has 0 aliphatic heterocycles. The molecule has 0 bridgehead atoms. The maximum atomic E-state index is 12.7. The van der Waals surface area contributed by atoms with Gasteiger partial charge in [-0.3, -0.25) is 4.79 Å². The lowest BCUT2D eigenvalue weighted by Gasteiger charge is -2.09. The molecule has 32 heavy (non-hydrogen) atoms. The van der Waals surface area contributed by atoms with Crippen LogP contribution in [-0.4, -0.2) is 59.7 Å². The SMILES string of the molecule is COCCn1c(=NC(=O)CS(=O)(=O)c2ccc(OC)cc2)sc2c(OC)ccc(OC)c21. The highest BCUT2D eigenvalue weighted by atomic mass is 32.2. The Morgan fingerprint density at radius 1 is 0.969 bits per heavy atom. The molecule has 1 heterocycles. The number of methoxy groups -OCH3 is 4. The number of hydrogen-bond donors (Lipinski definition) is 0. The minimum atomic E-state index is -3.87. The second-order valence-electron chi connectivity index (χ2n) is 6.62. The van der Waals surface area contributed by atoms with Gasteiger partial charge in [0.25, 0.3) is 5.91 Å². The van der Waals surface area contributed by atoms with E-state index in [9.17, 15) is 13.2 Å². The molecule has 0 fully saturated rings. The Labute approximate surface area is 189 Å². The van der Waals surface area contributed by atoms with Gasteiger partial charge in [-0.2, -0.15) is 4.99 Å². The van der Waals surface area contributed by atoms with Crippen molar-refractivity contribution in [1.29, 1.82) is 0 Å². The summed E-state index contributed by atoms with van der Waals surface area (Å²) in [6, 6.07) is 9.37. The molecule has 0 radical (unpaired) electrons. The zero-order valence-corrected chi connectivity index (χ0v) is 19.8. The molecular weight excluding hydrogens is 456 g/mol. The van der Waals surface area contributed by atoms with Crippen molar-refractivity contribution in [2.45, 2.75) is 11.4 Å². The number of rotatable bonds is 9. The fraction of sp³-hybridized carbons (Fsp3) is 0.333. The van der Waals surface area contributed by atoms with E-state index in [1.807, 2.05) is 0 Å². The third-order valence-electron chi connectivity index (χ3n) is 4.66. The summed E-state index contributed by atoms with van der Waals surface area (Å²) in [6.07, 6.45) is 0. The van der Waals surface area contributed by atoms with E-state index in [2.05, 4.69) is 4.99 Å². The highest BCUT2D eigenvalue weighted by Gasteiger charge is 2.21. The van der Waals surface area contributed by atoms with Crippen LogP contribution in [0.4, 0.5) is 0 Å². The van der Waals surface area contributed by atoms with Crippen LogP contribution in [0.5, 0.6) is 17.2 Å². The highest BCUT2D eigenvalue weighted by molar-refractivity contribution is 7.92. The van der Waals surface area contributed by atoms with Crippen LogP contribution in [0.25, 0.3) is 10.2 Å². The van der Waals surface area contributed by atoms with Crippen LogP contribution in [0.3, 0.4) is 0 Å². The van der Waals surface area contributed by atoms with Crippen LogP contribution in [0, 0.1) is 0 Å². The first-order valence-electron chi connectivity index (χ1n) is 9.52. The largest absolute Gasteiger partial charge is 0.497 e. The average Bonchev–Trinajstić information content (AvgIpc) is 3.14. The summed E-state index contributed by atoms with van der Waals surface area (Å²) in [4.78, 5) is 17.1. The number of amides is 1. The Bertz CT molecular complexity index is 1280. The minimum Gasteiger partial charge on any atom is -0.497 e. The lowest BCUT2D eigenvalue weighted by Crippen LogP contribution is -2.22. The number of benzene rings is 2. The zero-order chi connectivity index (χ0) is 23.3. The van der Waals surface area contributed by atoms with Gasteiger partial charge in [0.15, 0.2) is 14.6 Å². The fourth-order valence-electron chi connectivity index (χ4n) is 3.10. The average molecular weight is 481 g/mol. The number of sulfone groups is 1. The van der Waals surface area contributed by atoms with E-state index in [4.69, 9.17) is 18.9 Å². The van der Waals surface area contributed by atoms with E-state index < -0.39 is 21.5 Å². The Balaban J connectivity index is 2.04. The van der Waals surface area contributed by atoms with Crippen molar-refractivity contribution >= 4 is 37.3 Å². The second kappa shape index (κ2) is 10.2. The Kier molecular flexibility index (Phi) is 7.54. The summed E-state index contributed by atoms with van der Waals surface area (Å²) in [7, 11) is 2.27. The van der Waals surface area contributed by atoms with Crippen molar-refractivity contribution in [1.82, 2.24) is 4.57 Å². The molecular formula is C21H24N2O7S2. The van der Waals surface area contributed by atoms with Gasteiger partial charge in [-0.15, -0.1) is 0 Å². The summed E-state index contributed by atoms with van der Waals surface area (Å²) < 4.78 is 49.0. The molecule has 0 spiro atoms. The number of hydrogen-bond acceptors (Lipinski definition) is 8. The van der Waals surface area contributed by atoms with Gasteiger partial charge < -0.3 is 23.5 Å². The van der Waals surface area contributed by atoms with Gasteiger partial charge in [-0.1, -0.05) is 11.3 Å². The van der Waals surface area contributed by atoms with Gasteiger partial charge in [-0.25, -0.2) is 8.42 Å². The van der Waals surface area contributed by atoms with Gasteiger partial charge in [0.1, 0.15) is 33.2 Å². The van der Waals surface area contributed by atoms with Gasteiger partial charge in [0.05, 0.1) is 32.8 Å². The molecule has 172 valence electrons. The quantitative estimate of drug-likeness (QED) is 0.463. The predicted molar refractivity (Wildman–Crippen MR) is 120 cm³/mol. The molecule has 3 rings (SSSR count). The molecule has 0 unspecified atom stereocenters. The van der Waals surface area contributed by atoms with E-state index in [0.29, 0.717) is 40.7 Å². The second-order valence-corrected chi connectivity index (χ2v) is 9.58. The minimum absolute atomic E-state index is 0.0220. The van der Waals surface area contributed by atoms with Crippen molar-refractivity contribution in [3.05, 3.63) is 41.2 Å². The van der Waals surface area contributed by atoms with E-state index in [0.717, 1.165) is 4.70 Å². The molecule has 0 saturated carbocycles. The number of aromatic nitrogens is 1. The number of nitrogens with zero attached hydrogens (tertiary/aromatic N) is 2. The number of fused-ring (bicyclic) bond motifs is 1. The molecule has 9 nitrogen and oxygen atoms in total. The van der Waals surface area contributed by atoms with E-state index >= 15 is 0 Å². The van der Waals surface area contributed by atoms with Crippen LogP contribution < -0.4 is 19.0 Å². The monoisotopic (exact) mass is 480 g/mol. The van der Waals surface area contributed by atoms with Crippen molar-refractivity contribution in [3.63, 3.8) is 0 Å². The Hall–Kier alpha value is -2.89. The van der Waals surface area contributed by atoms with E-state index in [1.54, 1.807) is 38.0 Å². The first kappa shape index (κ1) is 23.8.